The number of halogens is 4. The van der Waals surface area contributed by atoms with Crippen molar-refractivity contribution in [2.75, 3.05) is 6.61 Å². The molecule has 0 atom stereocenters. The molecule has 3 rings (SSSR count). The van der Waals surface area contributed by atoms with Crippen LogP contribution in [0.2, 0.25) is 5.02 Å². The zero-order valence-electron chi connectivity index (χ0n) is 21.3. The Morgan fingerprint density at radius 2 is 1.85 bits per heavy atom. The summed E-state index contributed by atoms with van der Waals surface area (Å²) >= 11 is 5.95. The summed E-state index contributed by atoms with van der Waals surface area (Å²) in [6.45, 7) is 6.22. The van der Waals surface area contributed by atoms with Gasteiger partial charge in [0.2, 0.25) is 5.91 Å². The maximum absolute atomic E-state index is 12.9. The fraction of sp³-hybridized carbons (Fsp3) is 0.214. The Labute approximate surface area is 233 Å². The number of hydrazone groups is 1. The second-order valence-corrected chi connectivity index (χ2v) is 8.85. The average Bonchev–Trinajstić information content (AvgIpc) is 2.89. The van der Waals surface area contributed by atoms with E-state index >= 15 is 0 Å². The second kappa shape index (κ2) is 13.6. The van der Waals surface area contributed by atoms with E-state index in [9.17, 15) is 28.1 Å². The van der Waals surface area contributed by atoms with Gasteiger partial charge in [-0.25, -0.2) is 5.43 Å². The number of nitrogens with zero attached hydrogens (tertiary/aromatic N) is 2. The fourth-order valence-corrected chi connectivity index (χ4v) is 3.80. The predicted molar refractivity (Wildman–Crippen MR) is 145 cm³/mol. The Hall–Kier alpha value is -4.38. The number of alkyl halides is 3. The fourth-order valence-electron chi connectivity index (χ4n) is 3.68. The van der Waals surface area contributed by atoms with Crippen molar-refractivity contribution in [3.05, 3.63) is 110 Å². The molecule has 0 aliphatic rings. The van der Waals surface area contributed by atoms with Crippen molar-refractivity contribution in [1.82, 2.24) is 5.43 Å². The summed E-state index contributed by atoms with van der Waals surface area (Å²) in [5.74, 6) is 0.217. The van der Waals surface area contributed by atoms with Crippen LogP contribution in [0.15, 0.2) is 72.4 Å². The molecule has 210 valence electrons. The van der Waals surface area contributed by atoms with E-state index in [-0.39, 0.29) is 12.2 Å². The van der Waals surface area contributed by atoms with Crippen molar-refractivity contribution in [3.8, 4) is 11.5 Å². The first-order valence-corrected chi connectivity index (χ1v) is 12.3. The van der Waals surface area contributed by atoms with Crippen LogP contribution in [-0.2, 0) is 30.4 Å². The summed E-state index contributed by atoms with van der Waals surface area (Å²) in [4.78, 5) is 22.7. The van der Waals surface area contributed by atoms with E-state index in [1.54, 1.807) is 30.3 Å². The van der Waals surface area contributed by atoms with Crippen LogP contribution >= 0.6 is 11.6 Å². The van der Waals surface area contributed by atoms with Crippen LogP contribution < -0.4 is 14.9 Å². The van der Waals surface area contributed by atoms with Gasteiger partial charge in [0.05, 0.1) is 29.7 Å². The van der Waals surface area contributed by atoms with Crippen molar-refractivity contribution in [2.24, 2.45) is 5.10 Å². The van der Waals surface area contributed by atoms with Gasteiger partial charge >= 0.3 is 6.18 Å². The molecule has 0 saturated heterocycles. The lowest BCUT2D eigenvalue weighted by Crippen LogP contribution is -2.20. The molecule has 0 aliphatic heterocycles. The highest BCUT2D eigenvalue weighted by Crippen LogP contribution is 2.35. The Morgan fingerprint density at radius 3 is 2.48 bits per heavy atom. The number of hydrogen-bond donors (Lipinski definition) is 1. The number of allylic oxidation sites excluding steroid dienone is 1. The number of hydrogen-bond acceptors (Lipinski definition) is 6. The third-order valence-electron chi connectivity index (χ3n) is 5.48. The smallest absolute Gasteiger partial charge is 0.416 e. The summed E-state index contributed by atoms with van der Waals surface area (Å²) in [6, 6.07) is 12.7. The Balaban J connectivity index is 1.76. The first-order chi connectivity index (χ1) is 19.0. The van der Waals surface area contributed by atoms with Crippen LogP contribution in [-0.4, -0.2) is 23.7 Å². The van der Waals surface area contributed by atoms with E-state index in [1.165, 1.54) is 6.21 Å². The van der Waals surface area contributed by atoms with Crippen molar-refractivity contribution < 1.29 is 32.4 Å². The zero-order chi connectivity index (χ0) is 29.3. The summed E-state index contributed by atoms with van der Waals surface area (Å²) in [5.41, 5.74) is 2.29. The quantitative estimate of drug-likeness (QED) is 0.112. The van der Waals surface area contributed by atoms with Crippen molar-refractivity contribution >= 4 is 29.4 Å². The predicted octanol–water partition coefficient (Wildman–Crippen LogP) is 6.67. The maximum atomic E-state index is 12.9. The molecule has 0 spiro atoms. The molecule has 12 heteroatoms. The number of ether oxygens (including phenoxy) is 2. The van der Waals surface area contributed by atoms with Gasteiger partial charge in [0.25, 0.3) is 5.69 Å². The lowest BCUT2D eigenvalue weighted by molar-refractivity contribution is -0.385. The Bertz CT molecular complexity index is 1410. The van der Waals surface area contributed by atoms with Gasteiger partial charge in [0, 0.05) is 22.2 Å². The van der Waals surface area contributed by atoms with Crippen LogP contribution in [0.25, 0.3) is 0 Å². The number of nitro groups is 1. The lowest BCUT2D eigenvalue weighted by atomic mass is 10.1. The maximum Gasteiger partial charge on any atom is 0.416 e. The van der Waals surface area contributed by atoms with Gasteiger partial charge < -0.3 is 9.47 Å². The second-order valence-electron chi connectivity index (χ2n) is 8.42. The number of benzene rings is 3. The van der Waals surface area contributed by atoms with E-state index in [1.807, 2.05) is 19.1 Å². The number of carbonyl (C=O) groups is 1. The molecule has 1 amide bonds. The molecule has 40 heavy (non-hydrogen) atoms. The minimum Gasteiger partial charge on any atom is -0.490 e. The molecule has 0 unspecified atom stereocenters. The van der Waals surface area contributed by atoms with E-state index in [2.05, 4.69) is 17.1 Å². The number of nitro benzene ring substituents is 1. The highest BCUT2D eigenvalue weighted by molar-refractivity contribution is 6.30. The average molecular weight is 576 g/mol. The number of rotatable bonds is 12. The Kier molecular flexibility index (Phi) is 10.3. The first kappa shape index (κ1) is 30.2. The molecule has 3 aromatic carbocycles. The van der Waals surface area contributed by atoms with Crippen LogP contribution in [0.4, 0.5) is 18.9 Å². The monoisotopic (exact) mass is 575 g/mol. The van der Waals surface area contributed by atoms with Gasteiger partial charge in [-0.1, -0.05) is 35.9 Å². The van der Waals surface area contributed by atoms with Crippen LogP contribution in [0.1, 0.15) is 34.7 Å². The molecule has 0 aliphatic carbocycles. The highest BCUT2D eigenvalue weighted by Gasteiger charge is 2.33. The first-order valence-electron chi connectivity index (χ1n) is 12.0. The molecule has 0 fully saturated rings. The summed E-state index contributed by atoms with van der Waals surface area (Å²) in [5, 5.41) is 15.8. The highest BCUT2D eigenvalue weighted by atomic mass is 35.5. The summed E-state index contributed by atoms with van der Waals surface area (Å²) in [7, 11) is 0. The SMILES string of the molecule is C=CCc1cc(C=NNC(=O)Cc2ccc(C(F)(F)F)cc2[N+](=O)[O-])cc(OCC)c1OCc1ccc(Cl)cc1. The van der Waals surface area contributed by atoms with E-state index < -0.39 is 34.7 Å². The van der Waals surface area contributed by atoms with Gasteiger partial charge in [-0.3, -0.25) is 14.9 Å². The molecular weight excluding hydrogens is 551 g/mol. The molecule has 0 aromatic heterocycles. The van der Waals surface area contributed by atoms with Crippen molar-refractivity contribution in [1.29, 1.82) is 0 Å². The Morgan fingerprint density at radius 1 is 1.12 bits per heavy atom. The lowest BCUT2D eigenvalue weighted by Gasteiger charge is -2.17. The van der Waals surface area contributed by atoms with Gasteiger partial charge in [0.1, 0.15) is 6.61 Å². The van der Waals surface area contributed by atoms with Crippen LogP contribution in [0, 0.1) is 10.1 Å². The molecule has 0 radical (unpaired) electrons. The molecule has 0 saturated carbocycles. The number of amides is 1. The van der Waals surface area contributed by atoms with Gasteiger partial charge in [-0.05, 0) is 54.8 Å². The molecule has 0 bridgehead atoms. The summed E-state index contributed by atoms with van der Waals surface area (Å²) < 4.78 is 50.6. The van der Waals surface area contributed by atoms with Crippen LogP contribution in [0.5, 0.6) is 11.5 Å². The van der Waals surface area contributed by atoms with E-state index in [0.29, 0.717) is 47.2 Å². The number of carbonyl (C=O) groups excluding carboxylic acids is 1. The minimum absolute atomic E-state index is 0.181. The molecule has 1 N–H and O–H groups in total. The molecule has 8 nitrogen and oxygen atoms in total. The molecular formula is C28H25ClF3N3O5. The van der Waals surface area contributed by atoms with E-state index in [4.69, 9.17) is 21.1 Å². The third kappa shape index (κ3) is 8.31. The summed E-state index contributed by atoms with van der Waals surface area (Å²) in [6.07, 6.45) is -1.81. The molecule has 3 aromatic rings. The third-order valence-corrected chi connectivity index (χ3v) is 5.73. The largest absolute Gasteiger partial charge is 0.490 e. The number of nitrogens with one attached hydrogen (secondary N) is 1. The van der Waals surface area contributed by atoms with Gasteiger partial charge in [-0.2, -0.15) is 18.3 Å². The van der Waals surface area contributed by atoms with Gasteiger partial charge in [0.15, 0.2) is 11.5 Å². The molecule has 0 heterocycles. The van der Waals surface area contributed by atoms with E-state index in [0.717, 1.165) is 17.2 Å². The zero-order valence-corrected chi connectivity index (χ0v) is 22.1. The van der Waals surface area contributed by atoms with Crippen molar-refractivity contribution in [3.63, 3.8) is 0 Å². The standard InChI is InChI=1S/C28H25ClF3N3O5/c1-3-5-21-12-19(13-25(39-4-2)27(21)40-17-18-6-10-23(29)11-7-18)16-33-34-26(36)14-20-8-9-22(28(30,31)32)15-24(20)35(37)38/h3,6-13,15-16H,1,4-5,14,17H2,2H3,(H,34,36). The topological polar surface area (TPSA) is 103 Å². The van der Waals surface area contributed by atoms with Crippen molar-refractivity contribution in [2.45, 2.75) is 32.5 Å². The van der Waals surface area contributed by atoms with Gasteiger partial charge in [-0.15, -0.1) is 6.58 Å². The minimum atomic E-state index is -4.75. The normalized spacial score (nSPS) is 11.3. The van der Waals surface area contributed by atoms with Crippen LogP contribution in [0.3, 0.4) is 0 Å².